The summed E-state index contributed by atoms with van der Waals surface area (Å²) in [5.74, 6) is -0.175. The van der Waals surface area contributed by atoms with E-state index in [9.17, 15) is 4.79 Å². The Labute approximate surface area is 129 Å². The zero-order valence-electron chi connectivity index (χ0n) is 11.6. The van der Waals surface area contributed by atoms with Crippen LogP contribution >= 0.6 is 11.3 Å². The molecule has 0 atom stereocenters. The molecule has 4 aromatic rings. The van der Waals surface area contributed by atoms with Gasteiger partial charge in [0.25, 0.3) is 5.91 Å². The predicted molar refractivity (Wildman–Crippen MR) is 86.2 cm³/mol. The van der Waals surface area contributed by atoms with Crippen LogP contribution in [-0.2, 0) is 0 Å². The number of aryl methyl sites for hydroxylation is 1. The summed E-state index contributed by atoms with van der Waals surface area (Å²) in [5.41, 5.74) is 3.65. The van der Waals surface area contributed by atoms with Gasteiger partial charge in [-0.05, 0) is 43.3 Å². The molecule has 22 heavy (non-hydrogen) atoms. The lowest BCUT2D eigenvalue weighted by atomic mass is 10.2. The number of nitrogens with zero attached hydrogens (tertiary/aromatic N) is 3. The molecule has 0 bridgehead atoms. The Kier molecular flexibility index (Phi) is 2.87. The second-order valence-corrected chi connectivity index (χ2v) is 6.13. The van der Waals surface area contributed by atoms with Crippen LogP contribution < -0.4 is 5.32 Å². The lowest BCUT2D eigenvalue weighted by Crippen LogP contribution is -2.11. The maximum Gasteiger partial charge on any atom is 0.255 e. The van der Waals surface area contributed by atoms with E-state index in [1.54, 1.807) is 29.5 Å². The van der Waals surface area contributed by atoms with Gasteiger partial charge in [-0.1, -0.05) is 0 Å². The SMILES string of the molecule is Cc1nc2ccc(NC(=O)c3ccc4n[nH]nc4c3)cc2s1. The van der Waals surface area contributed by atoms with Crippen molar-refractivity contribution in [2.75, 3.05) is 5.32 Å². The largest absolute Gasteiger partial charge is 0.322 e. The quantitative estimate of drug-likeness (QED) is 0.596. The lowest BCUT2D eigenvalue weighted by Gasteiger charge is -2.05. The number of carbonyl (C=O) groups excluding carboxylic acids is 1. The number of aromatic amines is 1. The standard InChI is InChI=1S/C15H11N5OS/c1-8-16-12-5-3-10(7-14(12)22-8)17-15(21)9-2-4-11-13(6-9)19-20-18-11/h2-7H,1H3,(H,17,21)(H,18,19,20). The van der Waals surface area contributed by atoms with E-state index in [1.165, 1.54) is 0 Å². The predicted octanol–water partition coefficient (Wildman–Crippen LogP) is 3.13. The highest BCUT2D eigenvalue weighted by molar-refractivity contribution is 7.18. The van der Waals surface area contributed by atoms with Crippen molar-refractivity contribution in [3.05, 3.63) is 47.0 Å². The van der Waals surface area contributed by atoms with E-state index in [0.717, 1.165) is 26.4 Å². The molecule has 0 unspecified atom stereocenters. The summed E-state index contributed by atoms with van der Waals surface area (Å²) in [6.07, 6.45) is 0. The first-order valence-corrected chi connectivity index (χ1v) is 7.50. The van der Waals surface area contributed by atoms with Crippen LogP contribution in [0.3, 0.4) is 0 Å². The number of benzene rings is 2. The van der Waals surface area contributed by atoms with Crippen LogP contribution in [0.5, 0.6) is 0 Å². The molecular weight excluding hydrogens is 298 g/mol. The number of H-pyrrole nitrogens is 1. The van der Waals surface area contributed by atoms with Crippen LogP contribution in [0.4, 0.5) is 5.69 Å². The fourth-order valence-corrected chi connectivity index (χ4v) is 3.17. The number of hydrogen-bond acceptors (Lipinski definition) is 5. The Morgan fingerprint density at radius 1 is 1.09 bits per heavy atom. The van der Waals surface area contributed by atoms with Crippen molar-refractivity contribution in [1.82, 2.24) is 20.4 Å². The van der Waals surface area contributed by atoms with Crippen molar-refractivity contribution < 1.29 is 4.79 Å². The van der Waals surface area contributed by atoms with E-state index in [-0.39, 0.29) is 5.91 Å². The van der Waals surface area contributed by atoms with Gasteiger partial charge in [0.15, 0.2) is 0 Å². The molecule has 4 rings (SSSR count). The molecule has 1 amide bonds. The van der Waals surface area contributed by atoms with Gasteiger partial charge in [0, 0.05) is 11.3 Å². The van der Waals surface area contributed by atoms with Gasteiger partial charge in [-0.25, -0.2) is 4.98 Å². The number of anilines is 1. The molecule has 0 spiro atoms. The highest BCUT2D eigenvalue weighted by atomic mass is 32.1. The van der Waals surface area contributed by atoms with Crippen LogP contribution in [0.15, 0.2) is 36.4 Å². The fraction of sp³-hybridized carbons (Fsp3) is 0.0667. The first kappa shape index (κ1) is 12.9. The molecule has 2 aromatic carbocycles. The lowest BCUT2D eigenvalue weighted by molar-refractivity contribution is 0.102. The molecule has 0 aliphatic rings. The van der Waals surface area contributed by atoms with E-state index in [4.69, 9.17) is 0 Å². The number of thiazole rings is 1. The van der Waals surface area contributed by atoms with Crippen molar-refractivity contribution >= 4 is 44.2 Å². The molecule has 0 fully saturated rings. The molecule has 0 aliphatic heterocycles. The van der Waals surface area contributed by atoms with E-state index in [0.29, 0.717) is 11.1 Å². The number of hydrogen-bond donors (Lipinski definition) is 2. The summed E-state index contributed by atoms with van der Waals surface area (Å²) in [4.78, 5) is 16.7. The van der Waals surface area contributed by atoms with Gasteiger partial charge >= 0.3 is 0 Å². The molecule has 0 saturated carbocycles. The number of nitrogens with one attached hydrogen (secondary N) is 2. The number of aromatic nitrogens is 4. The second-order valence-electron chi connectivity index (χ2n) is 4.90. The first-order valence-electron chi connectivity index (χ1n) is 6.68. The van der Waals surface area contributed by atoms with Crippen molar-refractivity contribution in [2.45, 2.75) is 6.92 Å². The Balaban J connectivity index is 1.64. The van der Waals surface area contributed by atoms with E-state index < -0.39 is 0 Å². The summed E-state index contributed by atoms with van der Waals surface area (Å²) in [6, 6.07) is 10.9. The smallest absolute Gasteiger partial charge is 0.255 e. The first-order chi connectivity index (χ1) is 10.7. The second kappa shape index (κ2) is 4.88. The summed E-state index contributed by atoms with van der Waals surface area (Å²) >= 11 is 1.61. The zero-order chi connectivity index (χ0) is 15.1. The number of amides is 1. The molecule has 2 N–H and O–H groups in total. The average Bonchev–Trinajstić information content (AvgIpc) is 3.10. The van der Waals surface area contributed by atoms with Gasteiger partial charge < -0.3 is 5.32 Å². The van der Waals surface area contributed by atoms with E-state index in [1.807, 2.05) is 25.1 Å². The molecule has 2 aromatic heterocycles. The molecule has 108 valence electrons. The Morgan fingerprint density at radius 3 is 2.82 bits per heavy atom. The Bertz CT molecular complexity index is 1000. The minimum atomic E-state index is -0.175. The maximum absolute atomic E-state index is 12.3. The number of rotatable bonds is 2. The highest BCUT2D eigenvalue weighted by Crippen LogP contribution is 2.25. The van der Waals surface area contributed by atoms with E-state index in [2.05, 4.69) is 25.7 Å². The van der Waals surface area contributed by atoms with E-state index >= 15 is 0 Å². The van der Waals surface area contributed by atoms with Gasteiger partial charge in [0.2, 0.25) is 0 Å². The molecular formula is C15H11N5OS. The number of carbonyl (C=O) groups is 1. The minimum Gasteiger partial charge on any atom is -0.322 e. The third-order valence-corrected chi connectivity index (χ3v) is 4.27. The van der Waals surface area contributed by atoms with Crippen LogP contribution in [0.1, 0.15) is 15.4 Å². The minimum absolute atomic E-state index is 0.175. The van der Waals surface area contributed by atoms with Crippen molar-refractivity contribution in [2.24, 2.45) is 0 Å². The monoisotopic (exact) mass is 309 g/mol. The third kappa shape index (κ3) is 2.21. The third-order valence-electron chi connectivity index (χ3n) is 3.33. The maximum atomic E-state index is 12.3. The summed E-state index contributed by atoms with van der Waals surface area (Å²) in [7, 11) is 0. The van der Waals surface area contributed by atoms with Crippen LogP contribution in [-0.4, -0.2) is 26.3 Å². The van der Waals surface area contributed by atoms with Gasteiger partial charge in [-0.3, -0.25) is 4.79 Å². The van der Waals surface area contributed by atoms with Crippen molar-refractivity contribution in [3.63, 3.8) is 0 Å². The van der Waals surface area contributed by atoms with Gasteiger partial charge in [0.1, 0.15) is 11.0 Å². The molecule has 0 radical (unpaired) electrons. The Hall–Kier alpha value is -2.80. The van der Waals surface area contributed by atoms with Crippen LogP contribution in [0.25, 0.3) is 21.3 Å². The van der Waals surface area contributed by atoms with Crippen molar-refractivity contribution in [3.8, 4) is 0 Å². The summed E-state index contributed by atoms with van der Waals surface area (Å²) < 4.78 is 1.06. The molecule has 6 nitrogen and oxygen atoms in total. The van der Waals surface area contributed by atoms with Gasteiger partial charge in [0.05, 0.1) is 15.2 Å². The van der Waals surface area contributed by atoms with Gasteiger partial charge in [-0.15, -0.1) is 11.3 Å². The van der Waals surface area contributed by atoms with Gasteiger partial charge in [-0.2, -0.15) is 15.4 Å². The molecule has 7 heteroatoms. The molecule has 0 saturated heterocycles. The highest BCUT2D eigenvalue weighted by Gasteiger charge is 2.09. The average molecular weight is 309 g/mol. The van der Waals surface area contributed by atoms with Crippen LogP contribution in [0.2, 0.25) is 0 Å². The normalized spacial score (nSPS) is 11.1. The van der Waals surface area contributed by atoms with Crippen LogP contribution in [0, 0.1) is 6.92 Å². The summed E-state index contributed by atoms with van der Waals surface area (Å²) in [6.45, 7) is 1.97. The topological polar surface area (TPSA) is 83.6 Å². The Morgan fingerprint density at radius 2 is 1.91 bits per heavy atom. The molecule has 2 heterocycles. The van der Waals surface area contributed by atoms with Crippen molar-refractivity contribution in [1.29, 1.82) is 0 Å². The zero-order valence-corrected chi connectivity index (χ0v) is 12.4. The summed E-state index contributed by atoms with van der Waals surface area (Å²) in [5, 5.41) is 14.4. The number of fused-ring (bicyclic) bond motifs is 2. The fourth-order valence-electron chi connectivity index (χ4n) is 2.30. The molecule has 0 aliphatic carbocycles.